The van der Waals surface area contributed by atoms with Crippen LogP contribution in [-0.4, -0.2) is 84.7 Å². The highest BCUT2D eigenvalue weighted by molar-refractivity contribution is 5.89. The Labute approximate surface area is 222 Å². The zero-order chi connectivity index (χ0) is 27.6. The molecule has 3 heterocycles. The lowest BCUT2D eigenvalue weighted by atomic mass is 9.87. The molecule has 1 aromatic carbocycles. The number of nitrogens with one attached hydrogen (secondary N) is 2. The van der Waals surface area contributed by atoms with Gasteiger partial charge in [-0.1, -0.05) is 32.9 Å². The molecule has 12 heteroatoms. The van der Waals surface area contributed by atoms with Crippen LogP contribution in [0.4, 0.5) is 16.3 Å². The summed E-state index contributed by atoms with van der Waals surface area (Å²) >= 11 is 0. The molecule has 1 saturated heterocycles. The number of aliphatic hydroxyl groups is 2. The van der Waals surface area contributed by atoms with Crippen LogP contribution in [-0.2, 0) is 10.2 Å². The van der Waals surface area contributed by atoms with Gasteiger partial charge in [0.1, 0.15) is 30.2 Å². The van der Waals surface area contributed by atoms with Gasteiger partial charge in [0.2, 0.25) is 0 Å². The summed E-state index contributed by atoms with van der Waals surface area (Å²) in [5.41, 5.74) is 8.64. The SMILES string of the molecule is CC(C)N(CCNC(=O)Nc1ccc(C(C)(C)C)cc1)C[C@H]1O[C@@H](n2cnc3c(N)ncnc32)[C@H](O)[C@@H]1O. The molecule has 2 aromatic heterocycles. The lowest BCUT2D eigenvalue weighted by Crippen LogP contribution is -2.46. The van der Waals surface area contributed by atoms with Crippen molar-refractivity contribution >= 4 is 28.7 Å². The predicted octanol–water partition coefficient (Wildman–Crippen LogP) is 1.86. The Morgan fingerprint density at radius 1 is 1.16 bits per heavy atom. The van der Waals surface area contributed by atoms with E-state index in [4.69, 9.17) is 10.5 Å². The minimum Gasteiger partial charge on any atom is -0.387 e. The normalized spacial score (nSPS) is 21.9. The minimum atomic E-state index is -1.18. The Balaban J connectivity index is 1.32. The molecule has 0 aliphatic carbocycles. The first-order valence-electron chi connectivity index (χ1n) is 12.8. The topological polar surface area (TPSA) is 164 Å². The summed E-state index contributed by atoms with van der Waals surface area (Å²) in [5, 5.41) is 27.2. The van der Waals surface area contributed by atoms with Crippen molar-refractivity contribution in [1.29, 1.82) is 0 Å². The van der Waals surface area contributed by atoms with E-state index in [1.807, 2.05) is 38.1 Å². The zero-order valence-corrected chi connectivity index (χ0v) is 22.5. The maximum absolute atomic E-state index is 12.4. The van der Waals surface area contributed by atoms with Crippen molar-refractivity contribution in [2.24, 2.45) is 0 Å². The fourth-order valence-corrected chi connectivity index (χ4v) is 4.50. The van der Waals surface area contributed by atoms with Gasteiger partial charge in [0, 0.05) is 31.4 Å². The van der Waals surface area contributed by atoms with Crippen molar-refractivity contribution in [3.05, 3.63) is 42.5 Å². The van der Waals surface area contributed by atoms with Crippen LogP contribution in [0, 0.1) is 0 Å². The molecule has 12 nitrogen and oxygen atoms in total. The van der Waals surface area contributed by atoms with Gasteiger partial charge in [-0.05, 0) is 37.0 Å². The van der Waals surface area contributed by atoms with Crippen LogP contribution < -0.4 is 16.4 Å². The van der Waals surface area contributed by atoms with Gasteiger partial charge in [-0.25, -0.2) is 19.7 Å². The van der Waals surface area contributed by atoms with E-state index in [1.54, 1.807) is 4.57 Å². The van der Waals surface area contributed by atoms with E-state index >= 15 is 0 Å². The Bertz CT molecular complexity index is 1240. The van der Waals surface area contributed by atoms with E-state index in [-0.39, 0.29) is 23.3 Å². The average Bonchev–Trinajstić information content (AvgIpc) is 3.40. The molecular weight excluding hydrogens is 488 g/mol. The van der Waals surface area contributed by atoms with Gasteiger partial charge < -0.3 is 31.3 Å². The molecule has 0 spiro atoms. The first kappa shape index (κ1) is 27.7. The highest BCUT2D eigenvalue weighted by Gasteiger charge is 2.45. The molecule has 0 unspecified atom stereocenters. The molecule has 206 valence electrons. The number of hydrogen-bond donors (Lipinski definition) is 5. The summed E-state index contributed by atoms with van der Waals surface area (Å²) < 4.78 is 7.64. The molecule has 6 N–H and O–H groups in total. The Morgan fingerprint density at radius 2 is 1.87 bits per heavy atom. The molecule has 4 atom stereocenters. The predicted molar refractivity (Wildman–Crippen MR) is 145 cm³/mol. The van der Waals surface area contributed by atoms with E-state index in [2.05, 4.69) is 51.3 Å². The highest BCUT2D eigenvalue weighted by atomic mass is 16.6. The first-order valence-corrected chi connectivity index (χ1v) is 12.8. The fourth-order valence-electron chi connectivity index (χ4n) is 4.50. The molecule has 0 saturated carbocycles. The van der Waals surface area contributed by atoms with Crippen LogP contribution in [0.15, 0.2) is 36.9 Å². The van der Waals surface area contributed by atoms with Crippen LogP contribution >= 0.6 is 0 Å². The number of fused-ring (bicyclic) bond motifs is 1. The van der Waals surface area contributed by atoms with Crippen molar-refractivity contribution < 1.29 is 19.7 Å². The van der Waals surface area contributed by atoms with Crippen LogP contribution in [0.1, 0.15) is 46.4 Å². The molecule has 1 aliphatic heterocycles. The van der Waals surface area contributed by atoms with Crippen molar-refractivity contribution in [2.45, 2.75) is 70.6 Å². The molecule has 0 bridgehead atoms. The quantitative estimate of drug-likeness (QED) is 0.295. The molecule has 3 aromatic rings. The number of nitrogens with zero attached hydrogens (tertiary/aromatic N) is 5. The van der Waals surface area contributed by atoms with Crippen molar-refractivity contribution in [3.63, 3.8) is 0 Å². The number of imidazole rings is 1. The Kier molecular flexibility index (Phi) is 8.16. The smallest absolute Gasteiger partial charge is 0.319 e. The minimum absolute atomic E-state index is 0.0443. The van der Waals surface area contributed by atoms with Crippen molar-refractivity contribution in [2.75, 3.05) is 30.7 Å². The van der Waals surface area contributed by atoms with Crippen LogP contribution in [0.3, 0.4) is 0 Å². The van der Waals surface area contributed by atoms with Crippen LogP contribution in [0.25, 0.3) is 11.2 Å². The summed E-state index contributed by atoms with van der Waals surface area (Å²) in [7, 11) is 0. The number of nitrogen functional groups attached to an aromatic ring is 1. The second-order valence-corrected chi connectivity index (χ2v) is 10.9. The number of carbonyl (C=O) groups is 1. The van der Waals surface area contributed by atoms with Gasteiger partial charge in [0.05, 0.1) is 6.33 Å². The third-order valence-corrected chi connectivity index (χ3v) is 6.84. The Hall–Kier alpha value is -3.32. The molecule has 0 radical (unpaired) electrons. The van der Waals surface area contributed by atoms with Gasteiger partial charge in [0.15, 0.2) is 17.7 Å². The molecule has 1 aliphatic rings. The number of aliphatic hydroxyl groups excluding tert-OH is 2. The second kappa shape index (κ2) is 11.2. The molecule has 2 amide bonds. The van der Waals surface area contributed by atoms with Gasteiger partial charge in [-0.3, -0.25) is 9.47 Å². The van der Waals surface area contributed by atoms with Gasteiger partial charge in [-0.15, -0.1) is 0 Å². The van der Waals surface area contributed by atoms with Crippen LogP contribution in [0.5, 0.6) is 0 Å². The second-order valence-electron chi connectivity index (χ2n) is 10.9. The standard InChI is InChI=1S/C26H38N8O4/c1-15(2)33(11-10-28-25(37)32-17-8-6-16(7-9-17)26(3,4)5)12-18-20(35)21(36)24(38-18)34-14-31-19-22(27)29-13-30-23(19)34/h6-9,13-15,18,20-21,24,35-36H,10-12H2,1-5H3,(H2,27,29,30)(H2,28,32,37)/t18-,20-,21-,24-/m1/s1. The lowest BCUT2D eigenvalue weighted by molar-refractivity contribution is -0.0465. The van der Waals surface area contributed by atoms with Crippen molar-refractivity contribution in [3.8, 4) is 0 Å². The lowest BCUT2D eigenvalue weighted by Gasteiger charge is -2.30. The summed E-state index contributed by atoms with van der Waals surface area (Å²) in [5.74, 6) is 0.225. The number of anilines is 2. The van der Waals surface area contributed by atoms with E-state index in [1.165, 1.54) is 18.2 Å². The van der Waals surface area contributed by atoms with E-state index in [0.29, 0.717) is 30.8 Å². The zero-order valence-electron chi connectivity index (χ0n) is 22.5. The molecule has 1 fully saturated rings. The maximum atomic E-state index is 12.4. The van der Waals surface area contributed by atoms with Gasteiger partial charge >= 0.3 is 6.03 Å². The Morgan fingerprint density at radius 3 is 2.53 bits per heavy atom. The van der Waals surface area contributed by atoms with Crippen molar-refractivity contribution in [1.82, 2.24) is 29.7 Å². The van der Waals surface area contributed by atoms with Gasteiger partial charge in [0.25, 0.3) is 0 Å². The fraction of sp³-hybridized carbons (Fsp3) is 0.538. The summed E-state index contributed by atoms with van der Waals surface area (Å²) in [6.07, 6.45) is -1.06. The number of carbonyl (C=O) groups excluding carboxylic acids is 1. The number of benzene rings is 1. The monoisotopic (exact) mass is 526 g/mol. The number of ether oxygens (including phenoxy) is 1. The van der Waals surface area contributed by atoms with Gasteiger partial charge in [-0.2, -0.15) is 0 Å². The van der Waals surface area contributed by atoms with E-state index in [0.717, 1.165) is 5.69 Å². The number of amides is 2. The third kappa shape index (κ3) is 6.04. The van der Waals surface area contributed by atoms with E-state index in [9.17, 15) is 15.0 Å². The molecule has 4 rings (SSSR count). The maximum Gasteiger partial charge on any atom is 0.319 e. The molecule has 38 heavy (non-hydrogen) atoms. The number of nitrogens with two attached hydrogens (primary N) is 1. The first-order chi connectivity index (χ1) is 18.0. The largest absolute Gasteiger partial charge is 0.387 e. The van der Waals surface area contributed by atoms with E-state index < -0.39 is 24.5 Å². The number of aromatic nitrogens is 4. The number of hydrogen-bond acceptors (Lipinski definition) is 9. The van der Waals surface area contributed by atoms with Crippen LogP contribution in [0.2, 0.25) is 0 Å². The third-order valence-electron chi connectivity index (χ3n) is 6.84. The number of urea groups is 1. The molecular formula is C26H38N8O4. The highest BCUT2D eigenvalue weighted by Crippen LogP contribution is 2.32. The summed E-state index contributed by atoms with van der Waals surface area (Å²) in [4.78, 5) is 26.9. The number of rotatable bonds is 8. The summed E-state index contributed by atoms with van der Waals surface area (Å²) in [6, 6.07) is 7.63. The summed E-state index contributed by atoms with van der Waals surface area (Å²) in [6.45, 7) is 11.7. The average molecular weight is 527 g/mol.